The Balaban J connectivity index is 1.40. The Labute approximate surface area is 180 Å². The maximum Gasteiger partial charge on any atom is 0.332 e. The Bertz CT molecular complexity index is 819. The predicted octanol–water partition coefficient (Wildman–Crippen LogP) is 1.67. The van der Waals surface area contributed by atoms with Crippen LogP contribution in [0.1, 0.15) is 36.9 Å². The van der Waals surface area contributed by atoms with Crippen LogP contribution in [0.4, 0.5) is 0 Å². The third-order valence-corrected chi connectivity index (χ3v) is 7.48. The van der Waals surface area contributed by atoms with E-state index < -0.39 is 0 Å². The molecule has 4 rings (SSSR count). The van der Waals surface area contributed by atoms with Crippen LogP contribution < -0.4 is 0 Å². The monoisotopic (exact) mass is 435 g/mol. The van der Waals surface area contributed by atoms with Crippen LogP contribution in [0.2, 0.25) is 0 Å². The first-order valence-electron chi connectivity index (χ1n) is 10.5. The van der Waals surface area contributed by atoms with E-state index in [1.54, 1.807) is 18.6 Å². The normalized spacial score (nSPS) is 25.8. The SMILES string of the molecule is CCOC(=O)COCC1CN(C(=O)c2cncs2)CC12CN(C(=O)[C@H]1CC1(C)C)C2. The lowest BCUT2D eigenvalue weighted by molar-refractivity contribution is -0.152. The van der Waals surface area contributed by atoms with Gasteiger partial charge in [-0.3, -0.25) is 14.6 Å². The minimum atomic E-state index is -0.386. The highest BCUT2D eigenvalue weighted by atomic mass is 32.1. The van der Waals surface area contributed by atoms with Crippen LogP contribution in [-0.4, -0.2) is 78.6 Å². The van der Waals surface area contributed by atoms with E-state index in [4.69, 9.17) is 9.47 Å². The first-order chi connectivity index (χ1) is 14.3. The van der Waals surface area contributed by atoms with Crippen molar-refractivity contribution in [2.45, 2.75) is 27.2 Å². The van der Waals surface area contributed by atoms with Crippen molar-refractivity contribution in [1.29, 1.82) is 0 Å². The zero-order valence-electron chi connectivity index (χ0n) is 17.8. The fourth-order valence-electron chi connectivity index (χ4n) is 4.72. The van der Waals surface area contributed by atoms with Gasteiger partial charge in [0.2, 0.25) is 5.91 Å². The van der Waals surface area contributed by atoms with Crippen LogP contribution in [0, 0.1) is 22.7 Å². The highest BCUT2D eigenvalue weighted by Crippen LogP contribution is 2.54. The van der Waals surface area contributed by atoms with Gasteiger partial charge in [-0.15, -0.1) is 11.3 Å². The van der Waals surface area contributed by atoms with E-state index in [2.05, 4.69) is 18.8 Å². The van der Waals surface area contributed by atoms with Gasteiger partial charge in [0, 0.05) is 43.4 Å². The molecule has 1 saturated carbocycles. The van der Waals surface area contributed by atoms with Crippen LogP contribution in [0.5, 0.6) is 0 Å². The summed E-state index contributed by atoms with van der Waals surface area (Å²) in [5.41, 5.74) is 1.58. The largest absolute Gasteiger partial charge is 0.464 e. The summed E-state index contributed by atoms with van der Waals surface area (Å²) in [4.78, 5) is 45.6. The summed E-state index contributed by atoms with van der Waals surface area (Å²) in [5.74, 6) is -0.00445. The molecule has 0 N–H and O–H groups in total. The molecule has 1 aromatic rings. The molecule has 9 heteroatoms. The lowest BCUT2D eigenvalue weighted by atomic mass is 9.71. The van der Waals surface area contributed by atoms with E-state index in [0.717, 1.165) is 6.42 Å². The van der Waals surface area contributed by atoms with E-state index >= 15 is 0 Å². The molecule has 0 radical (unpaired) electrons. The number of ether oxygens (including phenoxy) is 2. The molecule has 2 atom stereocenters. The minimum Gasteiger partial charge on any atom is -0.464 e. The smallest absolute Gasteiger partial charge is 0.332 e. The molecule has 1 spiro atoms. The van der Waals surface area contributed by atoms with Crippen molar-refractivity contribution in [3.63, 3.8) is 0 Å². The summed E-state index contributed by atoms with van der Waals surface area (Å²) >= 11 is 1.33. The molecule has 3 fully saturated rings. The molecule has 3 aliphatic rings. The Morgan fingerprint density at radius 1 is 1.23 bits per heavy atom. The van der Waals surface area contributed by atoms with Crippen LogP contribution >= 0.6 is 11.3 Å². The van der Waals surface area contributed by atoms with E-state index in [9.17, 15) is 14.4 Å². The number of nitrogens with zero attached hydrogens (tertiary/aromatic N) is 3. The predicted molar refractivity (Wildman–Crippen MR) is 110 cm³/mol. The van der Waals surface area contributed by atoms with Crippen LogP contribution in [0.25, 0.3) is 0 Å². The van der Waals surface area contributed by atoms with Gasteiger partial charge < -0.3 is 19.3 Å². The van der Waals surface area contributed by atoms with Gasteiger partial charge in [0.1, 0.15) is 11.5 Å². The third kappa shape index (κ3) is 3.97. The lowest BCUT2D eigenvalue weighted by Gasteiger charge is -2.51. The van der Waals surface area contributed by atoms with E-state index in [1.807, 2.05) is 9.80 Å². The number of carbonyl (C=O) groups excluding carboxylic acids is 3. The molecule has 0 aromatic carbocycles. The number of hydrogen-bond donors (Lipinski definition) is 0. The zero-order chi connectivity index (χ0) is 21.5. The molecule has 8 nitrogen and oxygen atoms in total. The second kappa shape index (κ2) is 7.92. The van der Waals surface area contributed by atoms with Crippen LogP contribution in [-0.2, 0) is 19.1 Å². The summed E-state index contributed by atoms with van der Waals surface area (Å²) in [7, 11) is 0. The number of aromatic nitrogens is 1. The van der Waals surface area contributed by atoms with Gasteiger partial charge in [-0.25, -0.2) is 4.79 Å². The fourth-order valence-corrected chi connectivity index (χ4v) is 5.31. The molecule has 3 heterocycles. The first-order valence-corrected chi connectivity index (χ1v) is 11.3. The van der Waals surface area contributed by atoms with Crippen LogP contribution in [0.3, 0.4) is 0 Å². The van der Waals surface area contributed by atoms with Gasteiger partial charge in [-0.2, -0.15) is 0 Å². The molecule has 164 valence electrons. The quantitative estimate of drug-likeness (QED) is 0.606. The third-order valence-electron chi connectivity index (χ3n) is 6.72. The molecule has 0 bridgehead atoms. The van der Waals surface area contributed by atoms with E-state index in [-0.39, 0.29) is 47.1 Å². The van der Waals surface area contributed by atoms with Crippen molar-refractivity contribution in [2.75, 3.05) is 46.0 Å². The number of carbonyl (C=O) groups is 3. The van der Waals surface area contributed by atoms with Crippen LogP contribution in [0.15, 0.2) is 11.7 Å². The Morgan fingerprint density at radius 3 is 2.53 bits per heavy atom. The van der Waals surface area contributed by atoms with Gasteiger partial charge in [0.25, 0.3) is 5.91 Å². The summed E-state index contributed by atoms with van der Waals surface area (Å²) < 4.78 is 10.6. The average molecular weight is 436 g/mol. The molecule has 1 aromatic heterocycles. The van der Waals surface area contributed by atoms with Crippen molar-refractivity contribution in [3.05, 3.63) is 16.6 Å². The average Bonchev–Trinajstić information content (AvgIpc) is 3.08. The zero-order valence-corrected chi connectivity index (χ0v) is 18.6. The summed E-state index contributed by atoms with van der Waals surface area (Å²) in [5, 5.41) is 0. The number of likely N-dealkylation sites (tertiary alicyclic amines) is 2. The number of hydrogen-bond acceptors (Lipinski definition) is 7. The lowest BCUT2D eigenvalue weighted by Crippen LogP contribution is -2.63. The standard InChI is InChI=1S/C21H29N3O5S/c1-4-29-17(25)9-28-8-14-7-23(19(27)16-6-22-13-30-16)10-21(14)11-24(12-21)18(26)15-5-20(15,2)3/h6,13-15H,4-5,7-12H2,1-3H3/t14?,15-/m1/s1. The number of thiazole rings is 1. The maximum absolute atomic E-state index is 12.9. The van der Waals surface area contributed by atoms with Gasteiger partial charge in [-0.05, 0) is 18.8 Å². The van der Waals surface area contributed by atoms with E-state index in [0.29, 0.717) is 44.3 Å². The second-order valence-corrected chi connectivity index (χ2v) is 10.3. The molecule has 2 aliphatic heterocycles. The van der Waals surface area contributed by atoms with Crippen molar-refractivity contribution in [3.8, 4) is 0 Å². The molecule has 1 unspecified atom stereocenters. The molecule has 2 saturated heterocycles. The Kier molecular flexibility index (Phi) is 5.61. The number of esters is 1. The Morgan fingerprint density at radius 2 is 1.93 bits per heavy atom. The van der Waals surface area contributed by atoms with Crippen molar-refractivity contribution >= 4 is 29.1 Å². The topological polar surface area (TPSA) is 89.0 Å². The first kappa shape index (κ1) is 21.2. The summed E-state index contributed by atoms with van der Waals surface area (Å²) in [6, 6.07) is 0. The minimum absolute atomic E-state index is 0.0297. The van der Waals surface area contributed by atoms with Gasteiger partial charge in [0.05, 0.1) is 24.9 Å². The number of amides is 2. The second-order valence-electron chi connectivity index (χ2n) is 9.37. The molecule has 1 aliphatic carbocycles. The van der Waals surface area contributed by atoms with E-state index in [1.165, 1.54) is 11.3 Å². The van der Waals surface area contributed by atoms with Gasteiger partial charge >= 0.3 is 5.97 Å². The van der Waals surface area contributed by atoms with Crippen molar-refractivity contribution in [1.82, 2.24) is 14.8 Å². The highest BCUT2D eigenvalue weighted by Gasteiger charge is 2.60. The molecular weight excluding hydrogens is 406 g/mol. The van der Waals surface area contributed by atoms with Gasteiger partial charge in [-0.1, -0.05) is 13.8 Å². The summed E-state index contributed by atoms with van der Waals surface area (Å²) in [6.07, 6.45) is 2.54. The maximum atomic E-state index is 12.9. The summed E-state index contributed by atoms with van der Waals surface area (Å²) in [6.45, 7) is 9.02. The molecular formula is C21H29N3O5S. The van der Waals surface area contributed by atoms with Crippen molar-refractivity contribution in [2.24, 2.45) is 22.7 Å². The highest BCUT2D eigenvalue weighted by molar-refractivity contribution is 7.11. The Hall–Kier alpha value is -2.00. The van der Waals surface area contributed by atoms with Crippen molar-refractivity contribution < 1.29 is 23.9 Å². The van der Waals surface area contributed by atoms with Gasteiger partial charge in [0.15, 0.2) is 0 Å². The fraction of sp³-hybridized carbons (Fsp3) is 0.714. The molecule has 2 amide bonds. The molecule has 30 heavy (non-hydrogen) atoms. The number of rotatable bonds is 7.